The van der Waals surface area contributed by atoms with E-state index in [1.165, 1.54) is 0 Å². The molecule has 0 bridgehead atoms. The summed E-state index contributed by atoms with van der Waals surface area (Å²) in [6.45, 7) is 5.17. The maximum atomic E-state index is 11.8. The zero-order valence-corrected chi connectivity index (χ0v) is 13.2. The van der Waals surface area contributed by atoms with Crippen LogP contribution in [0.1, 0.15) is 17.8 Å². The molecule has 0 atom stereocenters. The standard InChI is InChI=1S/C16H22N4O2/c1-12-10-13(2)20(19-12)15-7-4-6-14(11-15)18-16(21)17-8-5-9-22-3/h4,6-7,10-11H,5,8-9H2,1-3H3,(H2,17,18,21). The fourth-order valence-corrected chi connectivity index (χ4v) is 2.20. The summed E-state index contributed by atoms with van der Waals surface area (Å²) < 4.78 is 6.80. The van der Waals surface area contributed by atoms with Gasteiger partial charge in [0.15, 0.2) is 0 Å². The van der Waals surface area contributed by atoms with Gasteiger partial charge >= 0.3 is 6.03 Å². The molecule has 0 unspecified atom stereocenters. The lowest BCUT2D eigenvalue weighted by Gasteiger charge is -2.10. The van der Waals surface area contributed by atoms with Gasteiger partial charge in [-0.3, -0.25) is 0 Å². The summed E-state index contributed by atoms with van der Waals surface area (Å²) in [5.74, 6) is 0. The number of urea groups is 1. The van der Waals surface area contributed by atoms with Gasteiger partial charge in [0, 0.05) is 31.6 Å². The van der Waals surface area contributed by atoms with Gasteiger partial charge in [0.1, 0.15) is 0 Å². The van der Waals surface area contributed by atoms with Gasteiger partial charge in [-0.05, 0) is 44.5 Å². The average Bonchev–Trinajstić information content (AvgIpc) is 2.83. The largest absolute Gasteiger partial charge is 0.385 e. The van der Waals surface area contributed by atoms with Gasteiger partial charge in [-0.1, -0.05) is 6.07 Å². The van der Waals surface area contributed by atoms with E-state index < -0.39 is 0 Å². The van der Waals surface area contributed by atoms with Crippen molar-refractivity contribution in [3.8, 4) is 5.69 Å². The lowest BCUT2D eigenvalue weighted by molar-refractivity contribution is 0.194. The van der Waals surface area contributed by atoms with Gasteiger partial charge in [0.25, 0.3) is 0 Å². The molecule has 0 aliphatic rings. The van der Waals surface area contributed by atoms with Crippen molar-refractivity contribution in [2.45, 2.75) is 20.3 Å². The molecule has 0 radical (unpaired) electrons. The summed E-state index contributed by atoms with van der Waals surface area (Å²) in [7, 11) is 1.64. The van der Waals surface area contributed by atoms with Crippen molar-refractivity contribution in [2.75, 3.05) is 25.6 Å². The number of carbonyl (C=O) groups is 1. The van der Waals surface area contributed by atoms with Crippen molar-refractivity contribution in [3.05, 3.63) is 41.7 Å². The lowest BCUT2D eigenvalue weighted by Crippen LogP contribution is -2.30. The molecule has 6 nitrogen and oxygen atoms in total. The van der Waals surface area contributed by atoms with Crippen LogP contribution in [0.5, 0.6) is 0 Å². The summed E-state index contributed by atoms with van der Waals surface area (Å²) in [5.41, 5.74) is 3.67. The third-order valence-corrected chi connectivity index (χ3v) is 3.17. The van der Waals surface area contributed by atoms with Crippen molar-refractivity contribution >= 4 is 11.7 Å². The van der Waals surface area contributed by atoms with Crippen LogP contribution < -0.4 is 10.6 Å². The van der Waals surface area contributed by atoms with E-state index in [0.717, 1.165) is 29.2 Å². The van der Waals surface area contributed by atoms with Gasteiger partial charge in [-0.15, -0.1) is 0 Å². The minimum absolute atomic E-state index is 0.221. The van der Waals surface area contributed by atoms with Crippen LogP contribution in [0, 0.1) is 13.8 Å². The number of nitrogens with one attached hydrogen (secondary N) is 2. The number of amides is 2. The number of hydrogen-bond acceptors (Lipinski definition) is 3. The minimum Gasteiger partial charge on any atom is -0.385 e. The Balaban J connectivity index is 2.00. The second-order valence-electron chi connectivity index (χ2n) is 5.12. The number of carbonyl (C=O) groups excluding carboxylic acids is 1. The Morgan fingerprint density at radius 3 is 2.82 bits per heavy atom. The number of aromatic nitrogens is 2. The predicted octanol–water partition coefficient (Wildman–Crippen LogP) is 2.65. The Kier molecular flexibility index (Phi) is 5.55. The number of ether oxygens (including phenoxy) is 1. The predicted molar refractivity (Wildman–Crippen MR) is 86.6 cm³/mol. The molecule has 2 amide bonds. The molecule has 6 heteroatoms. The first-order valence-corrected chi connectivity index (χ1v) is 7.27. The second kappa shape index (κ2) is 7.61. The first-order valence-electron chi connectivity index (χ1n) is 7.27. The van der Waals surface area contributed by atoms with Gasteiger partial charge in [0.2, 0.25) is 0 Å². The zero-order chi connectivity index (χ0) is 15.9. The Morgan fingerprint density at radius 1 is 1.32 bits per heavy atom. The summed E-state index contributed by atoms with van der Waals surface area (Å²) in [5, 5.41) is 10.1. The van der Waals surface area contributed by atoms with Crippen molar-refractivity contribution in [1.82, 2.24) is 15.1 Å². The molecule has 22 heavy (non-hydrogen) atoms. The van der Waals surface area contributed by atoms with Gasteiger partial charge in [-0.2, -0.15) is 5.10 Å². The van der Waals surface area contributed by atoms with E-state index in [0.29, 0.717) is 13.2 Å². The highest BCUT2D eigenvalue weighted by Crippen LogP contribution is 2.16. The van der Waals surface area contributed by atoms with Crippen LogP contribution in [0.2, 0.25) is 0 Å². The molecule has 2 N–H and O–H groups in total. The van der Waals surface area contributed by atoms with Crippen LogP contribution in [0.4, 0.5) is 10.5 Å². The second-order valence-corrected chi connectivity index (χ2v) is 5.12. The minimum atomic E-state index is -0.221. The van der Waals surface area contributed by atoms with Crippen molar-refractivity contribution < 1.29 is 9.53 Å². The first kappa shape index (κ1) is 16.0. The first-order chi connectivity index (χ1) is 10.6. The van der Waals surface area contributed by atoms with Crippen LogP contribution in [-0.4, -0.2) is 36.1 Å². The molecular formula is C16H22N4O2. The number of methoxy groups -OCH3 is 1. The van der Waals surface area contributed by atoms with Gasteiger partial charge in [0.05, 0.1) is 11.4 Å². The number of nitrogens with zero attached hydrogens (tertiary/aromatic N) is 2. The quantitative estimate of drug-likeness (QED) is 0.806. The molecule has 0 spiro atoms. The fraction of sp³-hybridized carbons (Fsp3) is 0.375. The summed E-state index contributed by atoms with van der Waals surface area (Å²) >= 11 is 0. The number of benzene rings is 1. The molecule has 1 aromatic carbocycles. The highest BCUT2D eigenvalue weighted by Gasteiger charge is 2.06. The molecule has 1 heterocycles. The molecule has 2 rings (SSSR count). The SMILES string of the molecule is COCCCNC(=O)Nc1cccc(-n2nc(C)cc2C)c1. The van der Waals surface area contributed by atoms with E-state index in [9.17, 15) is 4.79 Å². The third kappa shape index (κ3) is 4.33. The maximum Gasteiger partial charge on any atom is 0.319 e. The highest BCUT2D eigenvalue weighted by molar-refractivity contribution is 5.89. The molecule has 2 aromatic rings. The molecular weight excluding hydrogens is 280 g/mol. The Hall–Kier alpha value is -2.34. The zero-order valence-electron chi connectivity index (χ0n) is 13.2. The van der Waals surface area contributed by atoms with E-state index in [1.54, 1.807) is 7.11 Å². The normalized spacial score (nSPS) is 10.5. The molecule has 0 saturated heterocycles. The molecule has 0 aliphatic heterocycles. The number of hydrogen-bond donors (Lipinski definition) is 2. The smallest absolute Gasteiger partial charge is 0.319 e. The van der Waals surface area contributed by atoms with Crippen LogP contribution in [-0.2, 0) is 4.74 Å². The number of rotatable bonds is 6. The van der Waals surface area contributed by atoms with Crippen LogP contribution in [0.3, 0.4) is 0 Å². The summed E-state index contributed by atoms with van der Waals surface area (Å²) in [6, 6.07) is 9.40. The number of anilines is 1. The van der Waals surface area contributed by atoms with E-state index in [1.807, 2.05) is 48.9 Å². The Labute approximate surface area is 130 Å². The molecule has 0 saturated carbocycles. The maximum absolute atomic E-state index is 11.8. The average molecular weight is 302 g/mol. The fourth-order valence-electron chi connectivity index (χ4n) is 2.20. The number of aryl methyl sites for hydroxylation is 2. The third-order valence-electron chi connectivity index (χ3n) is 3.17. The van der Waals surface area contributed by atoms with Crippen molar-refractivity contribution in [2.24, 2.45) is 0 Å². The van der Waals surface area contributed by atoms with Crippen molar-refractivity contribution in [3.63, 3.8) is 0 Å². The van der Waals surface area contributed by atoms with Crippen molar-refractivity contribution in [1.29, 1.82) is 0 Å². The highest BCUT2D eigenvalue weighted by atomic mass is 16.5. The molecule has 118 valence electrons. The van der Waals surface area contributed by atoms with Crippen LogP contribution >= 0.6 is 0 Å². The van der Waals surface area contributed by atoms with E-state index in [2.05, 4.69) is 15.7 Å². The van der Waals surface area contributed by atoms with Gasteiger partial charge < -0.3 is 15.4 Å². The summed E-state index contributed by atoms with van der Waals surface area (Å²) in [6.07, 6.45) is 0.787. The molecule has 0 fully saturated rings. The van der Waals surface area contributed by atoms with E-state index in [4.69, 9.17) is 4.74 Å². The monoisotopic (exact) mass is 302 g/mol. The summed E-state index contributed by atoms with van der Waals surface area (Å²) in [4.78, 5) is 11.8. The van der Waals surface area contributed by atoms with E-state index in [-0.39, 0.29) is 6.03 Å². The van der Waals surface area contributed by atoms with Gasteiger partial charge in [-0.25, -0.2) is 9.48 Å². The molecule has 0 aliphatic carbocycles. The Bertz CT molecular complexity index is 637. The Morgan fingerprint density at radius 2 is 2.14 bits per heavy atom. The lowest BCUT2D eigenvalue weighted by atomic mass is 10.2. The molecule has 1 aromatic heterocycles. The topological polar surface area (TPSA) is 68.2 Å². The van der Waals surface area contributed by atoms with Crippen LogP contribution in [0.15, 0.2) is 30.3 Å². The van der Waals surface area contributed by atoms with Crippen LogP contribution in [0.25, 0.3) is 5.69 Å². The van der Waals surface area contributed by atoms with E-state index >= 15 is 0 Å².